The van der Waals surface area contributed by atoms with Gasteiger partial charge >= 0.3 is 16.9 Å². The highest BCUT2D eigenvalue weighted by molar-refractivity contribution is 5.71. The fourth-order valence-electron chi connectivity index (χ4n) is 2.47. The molecule has 2 aromatic heterocycles. The number of nitro benzene ring substituents is 1. The van der Waals surface area contributed by atoms with Gasteiger partial charge in [0.2, 0.25) is 0 Å². The molecular weight excluding hydrogens is 358 g/mol. The monoisotopic (exact) mass is 369 g/mol. The van der Waals surface area contributed by atoms with Gasteiger partial charge in [-0.2, -0.15) is 0 Å². The maximum atomic E-state index is 11.6. The van der Waals surface area contributed by atoms with E-state index in [9.17, 15) is 29.8 Å². The summed E-state index contributed by atoms with van der Waals surface area (Å²) in [6, 6.07) is 9.19. The number of hydrogen-bond donors (Lipinski definition) is 2. The maximum absolute atomic E-state index is 11.6. The fourth-order valence-corrected chi connectivity index (χ4v) is 2.47. The van der Waals surface area contributed by atoms with E-state index in [4.69, 9.17) is 0 Å². The Morgan fingerprint density at radius 2 is 1.63 bits per heavy atom. The Balaban J connectivity index is 2.01. The molecule has 0 saturated heterocycles. The van der Waals surface area contributed by atoms with Crippen LogP contribution in [0, 0.1) is 20.2 Å². The number of hydrogen-bond acceptors (Lipinski definition) is 6. The van der Waals surface area contributed by atoms with Crippen molar-refractivity contribution in [2.45, 2.75) is 0 Å². The number of aromatic nitrogens is 3. The zero-order valence-corrected chi connectivity index (χ0v) is 13.5. The highest BCUT2D eigenvalue weighted by Gasteiger charge is 2.18. The van der Waals surface area contributed by atoms with Crippen LogP contribution in [0.4, 0.5) is 11.4 Å². The number of nitro groups is 2. The fraction of sp³-hybridized carbons (Fsp3) is 0. The third kappa shape index (κ3) is 3.56. The van der Waals surface area contributed by atoms with Crippen LogP contribution in [0.25, 0.3) is 17.8 Å². The second-order valence-electron chi connectivity index (χ2n) is 5.34. The minimum Gasteiger partial charge on any atom is -0.317 e. The van der Waals surface area contributed by atoms with Crippen LogP contribution in [-0.4, -0.2) is 24.4 Å². The molecule has 0 spiro atoms. The number of H-pyrrole nitrogens is 2. The second kappa shape index (κ2) is 6.92. The number of non-ortho nitro benzene ring substituents is 1. The minimum absolute atomic E-state index is 0.0558. The molecule has 0 aliphatic rings. The predicted octanol–water partition coefficient (Wildman–Crippen LogP) is 1.84. The van der Waals surface area contributed by atoms with E-state index in [2.05, 4.69) is 4.98 Å². The summed E-state index contributed by atoms with van der Waals surface area (Å²) in [5.41, 5.74) is -1.85. The number of benzene rings is 1. The lowest BCUT2D eigenvalue weighted by molar-refractivity contribution is -0.386. The molecule has 0 saturated carbocycles. The van der Waals surface area contributed by atoms with Crippen molar-refractivity contribution < 1.29 is 9.85 Å². The highest BCUT2D eigenvalue weighted by Crippen LogP contribution is 2.19. The SMILES string of the molecule is O=c1[nH]c(/C=C/c2cccn2-c2ccc([N+](=O)[O-])cc2)c([N+](=O)[O-])c(=O)[nH]1. The molecule has 0 aliphatic heterocycles. The van der Waals surface area contributed by atoms with Crippen LogP contribution < -0.4 is 11.2 Å². The second-order valence-corrected chi connectivity index (χ2v) is 5.34. The first-order chi connectivity index (χ1) is 12.9. The van der Waals surface area contributed by atoms with Gasteiger partial charge in [0.15, 0.2) is 0 Å². The Morgan fingerprint density at radius 1 is 0.926 bits per heavy atom. The Kier molecular flexibility index (Phi) is 4.49. The number of aromatic amines is 2. The molecule has 11 nitrogen and oxygen atoms in total. The van der Waals surface area contributed by atoms with E-state index >= 15 is 0 Å². The zero-order valence-electron chi connectivity index (χ0n) is 13.5. The quantitative estimate of drug-likeness (QED) is 0.516. The van der Waals surface area contributed by atoms with Crippen molar-refractivity contribution in [2.24, 2.45) is 0 Å². The lowest BCUT2D eigenvalue weighted by atomic mass is 10.2. The third-order valence-electron chi connectivity index (χ3n) is 3.67. The first-order valence-electron chi connectivity index (χ1n) is 7.48. The van der Waals surface area contributed by atoms with Crippen LogP contribution in [0.1, 0.15) is 11.4 Å². The molecule has 11 heteroatoms. The van der Waals surface area contributed by atoms with Gasteiger partial charge in [0.1, 0.15) is 5.69 Å². The standard InChI is InChI=1S/C16H11N5O6/c22-15-14(21(26)27)13(17-16(23)18-15)8-7-10-2-1-9-19(10)11-3-5-12(6-4-11)20(24)25/h1-9H,(H2,17,18,22,23)/b8-7+. The molecule has 0 amide bonds. The average Bonchev–Trinajstić information content (AvgIpc) is 3.07. The van der Waals surface area contributed by atoms with Gasteiger partial charge in [-0.05, 0) is 36.4 Å². The number of nitrogens with one attached hydrogen (secondary N) is 2. The van der Waals surface area contributed by atoms with Crippen molar-refractivity contribution in [1.82, 2.24) is 14.5 Å². The smallest absolute Gasteiger partial charge is 0.317 e. The molecule has 2 N–H and O–H groups in total. The summed E-state index contributed by atoms with van der Waals surface area (Å²) < 4.78 is 1.68. The lowest BCUT2D eigenvalue weighted by Gasteiger charge is -2.06. The van der Waals surface area contributed by atoms with Crippen LogP contribution in [0.3, 0.4) is 0 Å². The zero-order chi connectivity index (χ0) is 19.6. The van der Waals surface area contributed by atoms with Gasteiger partial charge in [0.25, 0.3) is 5.69 Å². The van der Waals surface area contributed by atoms with E-state index in [-0.39, 0.29) is 11.4 Å². The van der Waals surface area contributed by atoms with Crippen LogP contribution in [0.2, 0.25) is 0 Å². The normalized spacial score (nSPS) is 11.0. The number of rotatable bonds is 5. The molecular formula is C16H11N5O6. The molecule has 1 aromatic carbocycles. The van der Waals surface area contributed by atoms with Gasteiger partial charge in [0, 0.05) is 29.7 Å². The van der Waals surface area contributed by atoms with Crippen molar-refractivity contribution in [2.75, 3.05) is 0 Å². The van der Waals surface area contributed by atoms with Crippen molar-refractivity contribution in [3.05, 3.63) is 95.0 Å². The molecule has 0 fully saturated rings. The maximum Gasteiger partial charge on any atom is 0.357 e. The van der Waals surface area contributed by atoms with Crippen molar-refractivity contribution >= 4 is 23.5 Å². The molecule has 0 radical (unpaired) electrons. The largest absolute Gasteiger partial charge is 0.357 e. The van der Waals surface area contributed by atoms with Crippen molar-refractivity contribution in [1.29, 1.82) is 0 Å². The molecule has 2 heterocycles. The third-order valence-corrected chi connectivity index (χ3v) is 3.67. The predicted molar refractivity (Wildman–Crippen MR) is 95.7 cm³/mol. The number of nitrogens with zero attached hydrogens (tertiary/aromatic N) is 3. The Morgan fingerprint density at radius 3 is 2.26 bits per heavy atom. The lowest BCUT2D eigenvalue weighted by Crippen LogP contribution is -2.25. The molecule has 136 valence electrons. The Labute approximate surface area is 149 Å². The highest BCUT2D eigenvalue weighted by atomic mass is 16.6. The van der Waals surface area contributed by atoms with E-state index in [1.165, 1.54) is 24.3 Å². The van der Waals surface area contributed by atoms with E-state index < -0.39 is 26.8 Å². The van der Waals surface area contributed by atoms with Crippen LogP contribution in [-0.2, 0) is 0 Å². The van der Waals surface area contributed by atoms with Gasteiger partial charge in [-0.15, -0.1) is 0 Å². The molecule has 3 rings (SSSR count). The van der Waals surface area contributed by atoms with Crippen LogP contribution in [0.15, 0.2) is 52.2 Å². The summed E-state index contributed by atoms with van der Waals surface area (Å²) >= 11 is 0. The Bertz CT molecular complexity index is 1170. The topological polar surface area (TPSA) is 157 Å². The van der Waals surface area contributed by atoms with E-state index in [0.717, 1.165) is 0 Å². The van der Waals surface area contributed by atoms with Gasteiger partial charge < -0.3 is 9.55 Å². The molecule has 3 aromatic rings. The van der Waals surface area contributed by atoms with Crippen LogP contribution >= 0.6 is 0 Å². The molecule has 27 heavy (non-hydrogen) atoms. The Hall–Kier alpha value is -4.28. The summed E-state index contributed by atoms with van der Waals surface area (Å²) in [5.74, 6) is 0. The van der Waals surface area contributed by atoms with E-state index in [1.54, 1.807) is 40.0 Å². The first kappa shape index (κ1) is 17.5. The van der Waals surface area contributed by atoms with Gasteiger partial charge in [-0.1, -0.05) is 0 Å². The van der Waals surface area contributed by atoms with Crippen LogP contribution in [0.5, 0.6) is 0 Å². The summed E-state index contributed by atoms with van der Waals surface area (Å²) in [6.07, 6.45) is 4.40. The molecule has 0 aliphatic carbocycles. The van der Waals surface area contributed by atoms with Crippen molar-refractivity contribution in [3.8, 4) is 5.69 Å². The first-order valence-corrected chi connectivity index (χ1v) is 7.48. The van der Waals surface area contributed by atoms with Gasteiger partial charge in [-0.3, -0.25) is 30.0 Å². The summed E-state index contributed by atoms with van der Waals surface area (Å²) in [5, 5.41) is 21.8. The van der Waals surface area contributed by atoms with Gasteiger partial charge in [0.05, 0.1) is 9.85 Å². The minimum atomic E-state index is -1.10. The average molecular weight is 369 g/mol. The summed E-state index contributed by atoms with van der Waals surface area (Å²) in [4.78, 5) is 47.4. The molecule has 0 bridgehead atoms. The summed E-state index contributed by atoms with van der Waals surface area (Å²) in [7, 11) is 0. The molecule has 0 atom stereocenters. The van der Waals surface area contributed by atoms with Gasteiger partial charge in [-0.25, -0.2) is 4.79 Å². The van der Waals surface area contributed by atoms with Crippen molar-refractivity contribution in [3.63, 3.8) is 0 Å². The summed E-state index contributed by atoms with van der Waals surface area (Å²) in [6.45, 7) is 0. The molecule has 0 unspecified atom stereocenters. The van der Waals surface area contributed by atoms with E-state index in [1.807, 2.05) is 0 Å². The van der Waals surface area contributed by atoms with E-state index in [0.29, 0.717) is 11.4 Å².